The first-order chi connectivity index (χ1) is 8.86. The van der Waals surface area contributed by atoms with Crippen molar-refractivity contribution >= 4 is 0 Å². The molecule has 108 valence electrons. The molecule has 1 rings (SSSR count). The second-order valence-electron chi connectivity index (χ2n) is 6.24. The van der Waals surface area contributed by atoms with Crippen LogP contribution in [0.2, 0.25) is 0 Å². The van der Waals surface area contributed by atoms with Gasteiger partial charge in [0.1, 0.15) is 6.33 Å². The predicted octanol–water partition coefficient (Wildman–Crippen LogP) is 2.69. The van der Waals surface area contributed by atoms with Gasteiger partial charge in [0.15, 0.2) is 0 Å². The van der Waals surface area contributed by atoms with E-state index in [1.54, 1.807) is 13.4 Å². The zero-order chi connectivity index (χ0) is 14.5. The standard InChI is InChI=1S/C15H27N3O/c1-11(15(2,3)4)7-12(16-5)8-13-9-14(19-6)18-10-17-13/h9-12,16H,7-8H2,1-6H3. The van der Waals surface area contributed by atoms with Crippen molar-refractivity contribution < 1.29 is 4.74 Å². The maximum Gasteiger partial charge on any atom is 0.216 e. The molecule has 0 saturated heterocycles. The number of hydrogen-bond donors (Lipinski definition) is 1. The van der Waals surface area contributed by atoms with Crippen molar-refractivity contribution in [3.63, 3.8) is 0 Å². The minimum Gasteiger partial charge on any atom is -0.481 e. The van der Waals surface area contributed by atoms with Crippen LogP contribution in [0.5, 0.6) is 5.88 Å². The van der Waals surface area contributed by atoms with Crippen LogP contribution >= 0.6 is 0 Å². The fourth-order valence-electron chi connectivity index (χ4n) is 1.94. The van der Waals surface area contributed by atoms with Gasteiger partial charge in [0, 0.05) is 24.2 Å². The van der Waals surface area contributed by atoms with E-state index in [-0.39, 0.29) is 0 Å². The van der Waals surface area contributed by atoms with E-state index in [2.05, 4.69) is 43.0 Å². The smallest absolute Gasteiger partial charge is 0.216 e. The summed E-state index contributed by atoms with van der Waals surface area (Å²) in [6, 6.07) is 2.33. The number of aromatic nitrogens is 2. The molecule has 0 aliphatic heterocycles. The Kier molecular flexibility index (Phi) is 5.73. The van der Waals surface area contributed by atoms with Crippen LogP contribution in [-0.4, -0.2) is 30.2 Å². The van der Waals surface area contributed by atoms with Crippen LogP contribution in [0, 0.1) is 11.3 Å². The molecule has 0 saturated carbocycles. The van der Waals surface area contributed by atoms with Crippen molar-refractivity contribution in [3.8, 4) is 5.88 Å². The van der Waals surface area contributed by atoms with Gasteiger partial charge in [-0.3, -0.25) is 0 Å². The van der Waals surface area contributed by atoms with Crippen LogP contribution < -0.4 is 10.1 Å². The average molecular weight is 265 g/mol. The first kappa shape index (κ1) is 15.9. The fourth-order valence-corrected chi connectivity index (χ4v) is 1.94. The van der Waals surface area contributed by atoms with Gasteiger partial charge < -0.3 is 10.1 Å². The van der Waals surface area contributed by atoms with Crippen molar-refractivity contribution in [2.45, 2.75) is 46.6 Å². The molecule has 1 aromatic rings. The van der Waals surface area contributed by atoms with E-state index >= 15 is 0 Å². The van der Waals surface area contributed by atoms with Gasteiger partial charge in [0.05, 0.1) is 7.11 Å². The number of hydrogen-bond acceptors (Lipinski definition) is 4. The van der Waals surface area contributed by atoms with Crippen LogP contribution in [0.25, 0.3) is 0 Å². The molecule has 1 aromatic heterocycles. The van der Waals surface area contributed by atoms with Crippen LogP contribution in [0.15, 0.2) is 12.4 Å². The molecule has 4 heteroatoms. The fraction of sp³-hybridized carbons (Fsp3) is 0.733. The third kappa shape index (κ3) is 5.15. The van der Waals surface area contributed by atoms with E-state index in [1.807, 2.05) is 13.1 Å². The van der Waals surface area contributed by atoms with Gasteiger partial charge in [-0.15, -0.1) is 0 Å². The van der Waals surface area contributed by atoms with Gasteiger partial charge in [-0.05, 0) is 24.8 Å². The van der Waals surface area contributed by atoms with E-state index in [9.17, 15) is 0 Å². The molecule has 0 radical (unpaired) electrons. The van der Waals surface area contributed by atoms with Crippen LogP contribution in [0.3, 0.4) is 0 Å². The first-order valence-corrected chi connectivity index (χ1v) is 6.89. The normalized spacial score (nSPS) is 15.1. The molecule has 0 aliphatic rings. The largest absolute Gasteiger partial charge is 0.481 e. The third-order valence-electron chi connectivity index (χ3n) is 3.89. The number of nitrogens with one attached hydrogen (secondary N) is 1. The summed E-state index contributed by atoms with van der Waals surface area (Å²) >= 11 is 0. The molecular formula is C15H27N3O. The summed E-state index contributed by atoms with van der Waals surface area (Å²) in [6.07, 6.45) is 3.59. The summed E-state index contributed by atoms with van der Waals surface area (Å²) in [5, 5.41) is 3.39. The Balaban J connectivity index is 2.66. The van der Waals surface area contributed by atoms with Crippen LogP contribution in [-0.2, 0) is 6.42 Å². The summed E-state index contributed by atoms with van der Waals surface area (Å²) in [4.78, 5) is 8.35. The van der Waals surface area contributed by atoms with E-state index in [4.69, 9.17) is 4.74 Å². The Bertz CT molecular complexity index is 387. The van der Waals surface area contributed by atoms with Gasteiger partial charge in [-0.2, -0.15) is 0 Å². The molecule has 0 spiro atoms. The molecule has 0 aromatic carbocycles. The summed E-state index contributed by atoms with van der Waals surface area (Å²) < 4.78 is 5.13. The molecule has 19 heavy (non-hydrogen) atoms. The number of methoxy groups -OCH3 is 1. The van der Waals surface area contributed by atoms with E-state index < -0.39 is 0 Å². The highest BCUT2D eigenvalue weighted by Gasteiger charge is 2.23. The quantitative estimate of drug-likeness (QED) is 0.859. The topological polar surface area (TPSA) is 47.0 Å². The molecule has 0 bridgehead atoms. The van der Waals surface area contributed by atoms with Crippen molar-refractivity contribution in [1.82, 2.24) is 15.3 Å². The Morgan fingerprint density at radius 3 is 2.53 bits per heavy atom. The summed E-state index contributed by atoms with van der Waals surface area (Å²) in [5.41, 5.74) is 1.35. The molecule has 2 atom stereocenters. The zero-order valence-corrected chi connectivity index (χ0v) is 13.0. The SMILES string of the molecule is CNC(Cc1cc(OC)ncn1)CC(C)C(C)(C)C. The lowest BCUT2D eigenvalue weighted by molar-refractivity contribution is 0.224. The Morgan fingerprint density at radius 2 is 2.00 bits per heavy atom. The number of ether oxygens (including phenoxy) is 1. The Morgan fingerprint density at radius 1 is 1.32 bits per heavy atom. The van der Waals surface area contributed by atoms with Gasteiger partial charge in [0.2, 0.25) is 5.88 Å². The molecule has 0 aliphatic carbocycles. The summed E-state index contributed by atoms with van der Waals surface area (Å²) in [7, 11) is 3.64. The lowest BCUT2D eigenvalue weighted by atomic mass is 9.78. The maximum absolute atomic E-state index is 5.13. The number of rotatable bonds is 6. The highest BCUT2D eigenvalue weighted by atomic mass is 16.5. The average Bonchev–Trinajstić information content (AvgIpc) is 2.37. The maximum atomic E-state index is 5.13. The van der Waals surface area contributed by atoms with E-state index in [0.717, 1.165) is 18.5 Å². The summed E-state index contributed by atoms with van der Waals surface area (Å²) in [5.74, 6) is 1.28. The monoisotopic (exact) mass is 265 g/mol. The second kappa shape index (κ2) is 6.85. The molecular weight excluding hydrogens is 238 g/mol. The highest BCUT2D eigenvalue weighted by Crippen LogP contribution is 2.29. The van der Waals surface area contributed by atoms with Crippen LogP contribution in [0.1, 0.15) is 39.8 Å². The van der Waals surface area contributed by atoms with Gasteiger partial charge in [-0.25, -0.2) is 9.97 Å². The lowest BCUT2D eigenvalue weighted by Gasteiger charge is -2.30. The first-order valence-electron chi connectivity index (χ1n) is 6.89. The van der Waals surface area contributed by atoms with Crippen molar-refractivity contribution in [1.29, 1.82) is 0 Å². The van der Waals surface area contributed by atoms with Crippen molar-refractivity contribution in [2.24, 2.45) is 11.3 Å². The number of likely N-dealkylation sites (N-methyl/N-ethyl adjacent to an activating group) is 1. The minimum atomic E-state index is 0.332. The second-order valence-corrected chi connectivity index (χ2v) is 6.24. The van der Waals surface area contributed by atoms with Crippen molar-refractivity contribution in [3.05, 3.63) is 18.1 Å². The zero-order valence-electron chi connectivity index (χ0n) is 13.0. The molecule has 1 heterocycles. The Hall–Kier alpha value is -1.16. The molecule has 4 nitrogen and oxygen atoms in total. The third-order valence-corrected chi connectivity index (χ3v) is 3.89. The van der Waals surface area contributed by atoms with Gasteiger partial charge in [-0.1, -0.05) is 27.7 Å². The van der Waals surface area contributed by atoms with Gasteiger partial charge >= 0.3 is 0 Å². The van der Waals surface area contributed by atoms with Crippen molar-refractivity contribution in [2.75, 3.05) is 14.2 Å². The van der Waals surface area contributed by atoms with E-state index in [0.29, 0.717) is 23.3 Å². The van der Waals surface area contributed by atoms with Gasteiger partial charge in [0.25, 0.3) is 0 Å². The van der Waals surface area contributed by atoms with Crippen LogP contribution in [0.4, 0.5) is 0 Å². The summed E-state index contributed by atoms with van der Waals surface area (Å²) in [6.45, 7) is 9.18. The Labute approximate surface area is 117 Å². The highest BCUT2D eigenvalue weighted by molar-refractivity contribution is 5.14. The lowest BCUT2D eigenvalue weighted by Crippen LogP contribution is -2.33. The molecule has 0 fully saturated rings. The molecule has 0 amide bonds. The van der Waals surface area contributed by atoms with E-state index in [1.165, 1.54) is 0 Å². The number of nitrogens with zero attached hydrogens (tertiary/aromatic N) is 2. The minimum absolute atomic E-state index is 0.332. The molecule has 1 N–H and O–H groups in total. The molecule has 2 unspecified atom stereocenters. The predicted molar refractivity (Wildman–Crippen MR) is 78.4 cm³/mol.